The number of carbonyl (C=O) groups excluding carboxylic acids is 2. The lowest BCUT2D eigenvalue weighted by Gasteiger charge is -2.33. The number of benzene rings is 1. The average molecular weight is 423 g/mol. The van der Waals surface area contributed by atoms with Crippen molar-refractivity contribution < 1.29 is 14.3 Å². The SMILES string of the molecule is CC1=C(C(=O)OC(C)C)[C@H](c2ccc(Br)cc2)N2C(=O)[C@@H](C)SC2=N1. The van der Waals surface area contributed by atoms with E-state index < -0.39 is 12.0 Å². The van der Waals surface area contributed by atoms with Crippen LogP contribution in [0.5, 0.6) is 0 Å². The van der Waals surface area contributed by atoms with E-state index >= 15 is 0 Å². The summed E-state index contributed by atoms with van der Waals surface area (Å²) in [6.45, 7) is 7.26. The fourth-order valence-electron chi connectivity index (χ4n) is 2.90. The van der Waals surface area contributed by atoms with E-state index in [0.29, 0.717) is 16.4 Å². The highest BCUT2D eigenvalue weighted by Gasteiger charge is 2.46. The molecule has 132 valence electrons. The van der Waals surface area contributed by atoms with Crippen molar-refractivity contribution in [1.82, 2.24) is 4.90 Å². The predicted molar refractivity (Wildman–Crippen MR) is 102 cm³/mol. The molecule has 1 amide bonds. The maximum Gasteiger partial charge on any atom is 0.338 e. The van der Waals surface area contributed by atoms with Crippen LogP contribution in [0.4, 0.5) is 0 Å². The van der Waals surface area contributed by atoms with Crippen molar-refractivity contribution in [3.05, 3.63) is 45.6 Å². The molecule has 0 aliphatic carbocycles. The number of halogens is 1. The van der Waals surface area contributed by atoms with Crippen molar-refractivity contribution in [2.75, 3.05) is 0 Å². The largest absolute Gasteiger partial charge is 0.459 e. The van der Waals surface area contributed by atoms with Crippen molar-refractivity contribution in [3.63, 3.8) is 0 Å². The molecule has 0 spiro atoms. The van der Waals surface area contributed by atoms with Crippen molar-refractivity contribution in [2.24, 2.45) is 4.99 Å². The molecule has 2 aliphatic rings. The van der Waals surface area contributed by atoms with Gasteiger partial charge in [-0.3, -0.25) is 9.69 Å². The van der Waals surface area contributed by atoms with Gasteiger partial charge in [0, 0.05) is 4.47 Å². The fraction of sp³-hybridized carbons (Fsp3) is 0.389. The van der Waals surface area contributed by atoms with Gasteiger partial charge in [0.1, 0.15) is 0 Å². The highest BCUT2D eigenvalue weighted by molar-refractivity contribution is 9.10. The van der Waals surface area contributed by atoms with Gasteiger partial charge in [-0.2, -0.15) is 0 Å². The Morgan fingerprint density at radius 1 is 1.32 bits per heavy atom. The zero-order valence-electron chi connectivity index (χ0n) is 14.4. The number of thioether (sulfide) groups is 1. The summed E-state index contributed by atoms with van der Waals surface area (Å²) in [6, 6.07) is 7.11. The molecule has 25 heavy (non-hydrogen) atoms. The van der Waals surface area contributed by atoms with Gasteiger partial charge in [-0.1, -0.05) is 39.8 Å². The lowest BCUT2D eigenvalue weighted by molar-refractivity contribution is -0.143. The molecule has 0 radical (unpaired) electrons. The van der Waals surface area contributed by atoms with Gasteiger partial charge in [0.15, 0.2) is 5.17 Å². The molecule has 0 saturated carbocycles. The Bertz CT molecular complexity index is 786. The zero-order chi connectivity index (χ0) is 18.3. The predicted octanol–water partition coefficient (Wildman–Crippen LogP) is 4.05. The highest BCUT2D eigenvalue weighted by Crippen LogP contribution is 2.43. The van der Waals surface area contributed by atoms with Crippen LogP contribution in [0.1, 0.15) is 39.3 Å². The molecule has 1 aromatic rings. The molecule has 5 nitrogen and oxygen atoms in total. The molecule has 2 atom stereocenters. The summed E-state index contributed by atoms with van der Waals surface area (Å²) >= 11 is 4.85. The van der Waals surface area contributed by atoms with Gasteiger partial charge in [0.05, 0.1) is 28.7 Å². The molecule has 1 aromatic carbocycles. The van der Waals surface area contributed by atoms with Crippen LogP contribution < -0.4 is 0 Å². The summed E-state index contributed by atoms with van der Waals surface area (Å²) < 4.78 is 6.36. The summed E-state index contributed by atoms with van der Waals surface area (Å²) in [4.78, 5) is 31.6. The Morgan fingerprint density at radius 2 is 1.96 bits per heavy atom. The molecule has 0 aromatic heterocycles. The van der Waals surface area contributed by atoms with Gasteiger partial charge in [-0.05, 0) is 45.4 Å². The molecular weight excluding hydrogens is 404 g/mol. The molecule has 0 unspecified atom stereocenters. The summed E-state index contributed by atoms with van der Waals surface area (Å²) in [5.74, 6) is -0.473. The molecule has 2 aliphatic heterocycles. The van der Waals surface area contributed by atoms with E-state index in [1.807, 2.05) is 31.2 Å². The summed E-state index contributed by atoms with van der Waals surface area (Å²) in [6.07, 6.45) is -0.244. The number of aliphatic imine (C=N–C) groups is 1. The lowest BCUT2D eigenvalue weighted by atomic mass is 9.94. The van der Waals surface area contributed by atoms with Gasteiger partial charge >= 0.3 is 5.97 Å². The summed E-state index contributed by atoms with van der Waals surface area (Å²) in [5.41, 5.74) is 1.87. The fourth-order valence-corrected chi connectivity index (χ4v) is 4.20. The number of carbonyl (C=O) groups is 2. The second-order valence-corrected chi connectivity index (χ2v) is 8.49. The van der Waals surface area contributed by atoms with Crippen molar-refractivity contribution >= 4 is 44.7 Å². The van der Waals surface area contributed by atoms with E-state index in [-0.39, 0.29) is 17.3 Å². The number of hydrogen-bond donors (Lipinski definition) is 0. The zero-order valence-corrected chi connectivity index (χ0v) is 16.8. The van der Waals surface area contributed by atoms with Crippen molar-refractivity contribution in [2.45, 2.75) is 45.1 Å². The third kappa shape index (κ3) is 3.40. The van der Waals surface area contributed by atoms with Crippen LogP contribution in [0.3, 0.4) is 0 Å². The van der Waals surface area contributed by atoms with E-state index in [1.165, 1.54) is 11.8 Å². The van der Waals surface area contributed by atoms with E-state index in [2.05, 4.69) is 20.9 Å². The van der Waals surface area contributed by atoms with Gasteiger partial charge in [-0.15, -0.1) is 0 Å². The number of nitrogens with zero attached hydrogens (tertiary/aromatic N) is 2. The minimum atomic E-state index is -0.517. The van der Waals surface area contributed by atoms with E-state index in [4.69, 9.17) is 4.74 Å². The van der Waals surface area contributed by atoms with Crippen LogP contribution in [0.2, 0.25) is 0 Å². The first kappa shape index (κ1) is 18.2. The number of rotatable bonds is 3. The second kappa shape index (κ2) is 6.96. The Hall–Kier alpha value is -1.60. The molecule has 1 saturated heterocycles. The molecule has 0 N–H and O–H groups in total. The Balaban J connectivity index is 2.12. The van der Waals surface area contributed by atoms with Crippen LogP contribution in [0, 0.1) is 0 Å². The standard InChI is InChI=1S/C18H19BrN2O3S/c1-9(2)24-17(23)14-10(3)20-18-21(16(22)11(4)25-18)15(14)12-5-7-13(19)8-6-12/h5-9,11,15H,1-4H3/t11-,15+/m1/s1. The van der Waals surface area contributed by atoms with Crippen LogP contribution >= 0.6 is 27.7 Å². The van der Waals surface area contributed by atoms with Gasteiger partial charge < -0.3 is 4.74 Å². The number of amidine groups is 1. The highest BCUT2D eigenvalue weighted by atomic mass is 79.9. The number of fused-ring (bicyclic) bond motifs is 1. The van der Waals surface area contributed by atoms with Crippen LogP contribution in [-0.2, 0) is 14.3 Å². The summed E-state index contributed by atoms with van der Waals surface area (Å²) in [7, 11) is 0. The first-order valence-electron chi connectivity index (χ1n) is 8.05. The molecule has 7 heteroatoms. The lowest BCUT2D eigenvalue weighted by Crippen LogP contribution is -2.40. The maximum atomic E-state index is 12.7. The smallest absolute Gasteiger partial charge is 0.338 e. The van der Waals surface area contributed by atoms with Crippen LogP contribution in [-0.4, -0.2) is 33.3 Å². The number of hydrogen-bond acceptors (Lipinski definition) is 5. The maximum absolute atomic E-state index is 12.7. The molecule has 1 fully saturated rings. The number of amides is 1. The van der Waals surface area contributed by atoms with Gasteiger partial charge in [0.25, 0.3) is 0 Å². The third-order valence-corrected chi connectivity index (χ3v) is 5.59. The van der Waals surface area contributed by atoms with E-state index in [9.17, 15) is 9.59 Å². The quantitative estimate of drug-likeness (QED) is 0.689. The van der Waals surface area contributed by atoms with Gasteiger partial charge in [-0.25, -0.2) is 9.79 Å². The van der Waals surface area contributed by atoms with Crippen molar-refractivity contribution in [3.8, 4) is 0 Å². The van der Waals surface area contributed by atoms with Gasteiger partial charge in [0.2, 0.25) is 5.91 Å². The van der Waals surface area contributed by atoms with Crippen LogP contribution in [0.25, 0.3) is 0 Å². The average Bonchev–Trinajstić information content (AvgIpc) is 2.80. The summed E-state index contributed by atoms with van der Waals surface area (Å²) in [5, 5.41) is 0.425. The van der Waals surface area contributed by atoms with Crippen molar-refractivity contribution in [1.29, 1.82) is 0 Å². The monoisotopic (exact) mass is 422 g/mol. The normalized spacial score (nSPS) is 23.0. The van der Waals surface area contributed by atoms with E-state index in [1.54, 1.807) is 25.7 Å². The molecular formula is C18H19BrN2O3S. The topological polar surface area (TPSA) is 59.0 Å². The molecule has 3 rings (SSSR count). The number of esters is 1. The van der Waals surface area contributed by atoms with E-state index in [0.717, 1.165) is 10.0 Å². The Morgan fingerprint density at radius 3 is 2.56 bits per heavy atom. The first-order valence-corrected chi connectivity index (χ1v) is 9.72. The molecule has 2 heterocycles. The Kier molecular flexibility index (Phi) is 5.06. The third-order valence-electron chi connectivity index (χ3n) is 4.01. The van der Waals surface area contributed by atoms with Crippen LogP contribution in [0.15, 0.2) is 45.0 Å². The second-order valence-electron chi connectivity index (χ2n) is 6.27. The minimum absolute atomic E-state index is 0.0426. The Labute approximate surface area is 159 Å². The molecule has 0 bridgehead atoms. The number of allylic oxidation sites excluding steroid dienone is 1. The number of ether oxygens (including phenoxy) is 1. The first-order chi connectivity index (χ1) is 11.8. The minimum Gasteiger partial charge on any atom is -0.459 e.